The van der Waals surface area contributed by atoms with Crippen LogP contribution in [-0.4, -0.2) is 51.7 Å². The number of hydrogen-bond acceptors (Lipinski definition) is 8. The van der Waals surface area contributed by atoms with Gasteiger partial charge in [0, 0.05) is 83.0 Å². The molecule has 6 rings (SSSR count). The highest BCUT2D eigenvalue weighted by Gasteiger charge is 2.81. The van der Waals surface area contributed by atoms with E-state index < -0.39 is 127 Å². The zero-order chi connectivity index (χ0) is 47.6. The summed E-state index contributed by atoms with van der Waals surface area (Å²) in [7, 11) is 0. The zero-order valence-electron chi connectivity index (χ0n) is 30.2. The molecule has 0 unspecified atom stereocenters. The van der Waals surface area contributed by atoms with E-state index in [1.165, 1.54) is 0 Å². The van der Waals surface area contributed by atoms with Gasteiger partial charge in [0.25, 0.3) is 0 Å². The molecular formula is C36H14F20N8. The van der Waals surface area contributed by atoms with Crippen LogP contribution in [0.4, 0.5) is 87.8 Å². The summed E-state index contributed by atoms with van der Waals surface area (Å²) in [4.78, 5) is 26.1. The normalized spacial score (nSPS) is 13.6. The Morgan fingerprint density at radius 1 is 0.234 bits per heavy atom. The third kappa shape index (κ3) is 8.80. The molecule has 0 aliphatic carbocycles. The lowest BCUT2D eigenvalue weighted by Gasteiger charge is -2.37. The van der Waals surface area contributed by atoms with E-state index in [1.807, 2.05) is 0 Å². The number of hydrogen-bond donors (Lipinski definition) is 0. The van der Waals surface area contributed by atoms with Gasteiger partial charge in [-0.25, -0.2) is 39.9 Å². The third-order valence-corrected chi connectivity index (χ3v) is 8.72. The van der Waals surface area contributed by atoms with Crippen LogP contribution < -0.4 is 0 Å². The quantitative estimate of drug-likeness (QED) is 0.132. The largest absolute Gasteiger partial charge is 0.419 e. The van der Waals surface area contributed by atoms with Crippen molar-refractivity contribution >= 4 is 0 Å². The number of nitrogens with zero attached hydrogens (tertiary/aromatic N) is 8. The zero-order valence-corrected chi connectivity index (χ0v) is 30.2. The lowest BCUT2D eigenvalue weighted by atomic mass is 9.88. The highest BCUT2D eigenvalue weighted by Crippen LogP contribution is 2.60. The number of alkyl halides is 20. The lowest BCUT2D eigenvalue weighted by Crippen LogP contribution is -2.59. The topological polar surface area (TPSA) is 103 Å². The van der Waals surface area contributed by atoms with Crippen molar-refractivity contribution in [3.63, 3.8) is 0 Å². The first-order valence-electron chi connectivity index (χ1n) is 16.7. The SMILES string of the molecule is FC(F)(F)c1cnc(-c2cc(-c3ncc(C(F)(F)F)cn3)cc(C(F)(F)C(F)(F)C(F)(F)C(F)(F)c3cc(-c4ncc(C(F)(F)F)cn4)cc(-c4ncc(C(F)(F)F)cn4)c3)c2)nc1. The van der Waals surface area contributed by atoms with Crippen molar-refractivity contribution < 1.29 is 87.8 Å². The van der Waals surface area contributed by atoms with E-state index in [9.17, 15) is 52.7 Å². The van der Waals surface area contributed by atoms with Gasteiger partial charge in [-0.2, -0.15) is 87.8 Å². The molecule has 64 heavy (non-hydrogen) atoms. The number of halogens is 20. The second-order valence-corrected chi connectivity index (χ2v) is 13.1. The van der Waals surface area contributed by atoms with E-state index in [2.05, 4.69) is 39.9 Å². The van der Waals surface area contributed by atoms with E-state index in [1.54, 1.807) is 0 Å². The smallest absolute Gasteiger partial charge is 0.236 e. The Labute approximate surface area is 341 Å². The lowest BCUT2D eigenvalue weighted by molar-refractivity contribution is -0.374. The van der Waals surface area contributed by atoms with Crippen LogP contribution in [0.1, 0.15) is 33.4 Å². The summed E-state index contributed by atoms with van der Waals surface area (Å²) in [5.74, 6) is -31.8. The van der Waals surface area contributed by atoms with Gasteiger partial charge >= 0.3 is 48.4 Å². The minimum atomic E-state index is -7.30. The Bertz CT molecular complexity index is 2310. The molecule has 0 saturated heterocycles. The molecule has 0 aliphatic heterocycles. The summed E-state index contributed by atoms with van der Waals surface area (Å²) in [6.45, 7) is 0. The summed E-state index contributed by atoms with van der Waals surface area (Å²) >= 11 is 0. The monoisotopic (exact) mass is 938 g/mol. The van der Waals surface area contributed by atoms with Crippen LogP contribution in [0.3, 0.4) is 0 Å². The molecule has 0 saturated carbocycles. The van der Waals surface area contributed by atoms with Gasteiger partial charge < -0.3 is 0 Å². The molecule has 0 N–H and O–H groups in total. The summed E-state index contributed by atoms with van der Waals surface area (Å²) < 4.78 is 286. The van der Waals surface area contributed by atoms with Crippen LogP contribution in [-0.2, 0) is 36.6 Å². The molecule has 28 heteroatoms. The first-order valence-corrected chi connectivity index (χ1v) is 16.7. The minimum Gasteiger partial charge on any atom is -0.236 e. The standard InChI is InChI=1S/C36H14F20N8/c37-29(38,19-3-15(25-57-7-21(8-58-25)31(41,42)43)1-16(4-19)26-59-9-22(10-60-26)32(44,45)46)35(53,54)36(55,56)30(39,40)20-5-17(27-61-11-23(12-62-27)33(47,48)49)2-18(6-20)28-63-13-24(14-64-28)34(50,51)52/h1-14H. The first-order chi connectivity index (χ1) is 29.2. The summed E-state index contributed by atoms with van der Waals surface area (Å²) in [5, 5.41) is 0. The van der Waals surface area contributed by atoms with E-state index in [0.29, 0.717) is 12.1 Å². The van der Waals surface area contributed by atoms with Crippen molar-refractivity contribution in [2.24, 2.45) is 0 Å². The van der Waals surface area contributed by atoms with Crippen LogP contribution >= 0.6 is 0 Å². The van der Waals surface area contributed by atoms with Crippen LogP contribution in [0.5, 0.6) is 0 Å². The van der Waals surface area contributed by atoms with Crippen LogP contribution in [0.25, 0.3) is 45.6 Å². The fourth-order valence-corrected chi connectivity index (χ4v) is 5.39. The van der Waals surface area contributed by atoms with Crippen molar-refractivity contribution in [2.75, 3.05) is 0 Å². The van der Waals surface area contributed by atoms with Crippen molar-refractivity contribution in [3.05, 3.63) is 119 Å². The first kappa shape index (κ1) is 46.9. The van der Waals surface area contributed by atoms with Gasteiger partial charge in [-0.05, 0) is 36.4 Å². The Balaban J connectivity index is 1.50. The maximum atomic E-state index is 16.1. The molecule has 4 heterocycles. The molecule has 2 aromatic carbocycles. The molecule has 0 radical (unpaired) electrons. The van der Waals surface area contributed by atoms with Crippen LogP contribution in [0.2, 0.25) is 0 Å². The Kier molecular flexibility index (Phi) is 11.4. The summed E-state index contributed by atoms with van der Waals surface area (Å²) in [6.07, 6.45) is -20.0. The molecule has 0 atom stereocenters. The number of aromatic nitrogens is 8. The third-order valence-electron chi connectivity index (χ3n) is 8.72. The van der Waals surface area contributed by atoms with Crippen molar-refractivity contribution in [1.82, 2.24) is 39.9 Å². The predicted octanol–water partition coefficient (Wildman–Crippen LogP) is 11.7. The van der Waals surface area contributed by atoms with Gasteiger partial charge in [0.2, 0.25) is 0 Å². The second kappa shape index (κ2) is 15.6. The van der Waals surface area contributed by atoms with Crippen molar-refractivity contribution in [3.8, 4) is 45.6 Å². The van der Waals surface area contributed by atoms with Gasteiger partial charge in [0.1, 0.15) is 0 Å². The highest BCUT2D eigenvalue weighted by molar-refractivity contribution is 5.70. The fraction of sp³-hybridized carbons (Fsp3) is 0.222. The Morgan fingerprint density at radius 3 is 0.562 bits per heavy atom. The van der Waals surface area contributed by atoms with Crippen molar-refractivity contribution in [1.29, 1.82) is 0 Å². The van der Waals surface area contributed by atoms with Gasteiger partial charge in [0.05, 0.1) is 22.3 Å². The van der Waals surface area contributed by atoms with E-state index >= 15 is 35.1 Å². The molecule has 0 aliphatic rings. The van der Waals surface area contributed by atoms with Crippen molar-refractivity contribution in [2.45, 2.75) is 48.4 Å². The Hall–Kier alpha value is -6.64. The van der Waals surface area contributed by atoms with Crippen LogP contribution in [0, 0.1) is 0 Å². The average molecular weight is 939 g/mol. The molecule has 0 bridgehead atoms. The van der Waals surface area contributed by atoms with Gasteiger partial charge in [0.15, 0.2) is 23.3 Å². The molecule has 0 fully saturated rings. The molecule has 4 aromatic heterocycles. The molecule has 8 nitrogen and oxygen atoms in total. The number of rotatable bonds is 9. The van der Waals surface area contributed by atoms with Gasteiger partial charge in [-0.15, -0.1) is 0 Å². The van der Waals surface area contributed by atoms with Gasteiger partial charge in [-0.3, -0.25) is 0 Å². The maximum Gasteiger partial charge on any atom is 0.419 e. The van der Waals surface area contributed by atoms with E-state index in [4.69, 9.17) is 0 Å². The highest BCUT2D eigenvalue weighted by atomic mass is 19.4. The molecule has 338 valence electrons. The second-order valence-electron chi connectivity index (χ2n) is 13.1. The van der Waals surface area contributed by atoms with E-state index in [0.717, 1.165) is 0 Å². The molecule has 0 amide bonds. The Morgan fingerprint density at radius 2 is 0.406 bits per heavy atom. The maximum absolute atomic E-state index is 16.1. The molecular weight excluding hydrogens is 924 g/mol. The molecule has 0 spiro atoms. The fourth-order valence-electron chi connectivity index (χ4n) is 5.39. The predicted molar refractivity (Wildman–Crippen MR) is 175 cm³/mol. The van der Waals surface area contributed by atoms with Crippen LogP contribution in [0.15, 0.2) is 86.0 Å². The number of benzene rings is 2. The van der Waals surface area contributed by atoms with E-state index in [-0.39, 0.29) is 73.8 Å². The summed E-state index contributed by atoms with van der Waals surface area (Å²) in [6, 6.07) is 0.467. The van der Waals surface area contributed by atoms with Gasteiger partial charge in [-0.1, -0.05) is 0 Å². The summed E-state index contributed by atoms with van der Waals surface area (Å²) in [5.41, 5.74) is -15.1. The molecule has 6 aromatic rings. The average Bonchev–Trinajstić information content (AvgIpc) is 3.22. The minimum absolute atomic E-state index is 0.0541.